The predicted molar refractivity (Wildman–Crippen MR) is 193 cm³/mol. The van der Waals surface area contributed by atoms with Gasteiger partial charge >= 0.3 is 5.69 Å². The van der Waals surface area contributed by atoms with Crippen LogP contribution in [0.2, 0.25) is 10.0 Å². The van der Waals surface area contributed by atoms with Crippen LogP contribution in [-0.4, -0.2) is 60.6 Å². The number of pyridine rings is 1. The van der Waals surface area contributed by atoms with Crippen molar-refractivity contribution in [3.8, 4) is 28.3 Å². The molecule has 268 valence electrons. The lowest BCUT2D eigenvalue weighted by Gasteiger charge is -2.50. The lowest BCUT2D eigenvalue weighted by molar-refractivity contribution is -0.121. The summed E-state index contributed by atoms with van der Waals surface area (Å²) in [5, 5.41) is 6.50. The van der Waals surface area contributed by atoms with Gasteiger partial charge in [-0.15, -0.1) is 0 Å². The van der Waals surface area contributed by atoms with E-state index in [4.69, 9.17) is 32.9 Å². The topological polar surface area (TPSA) is 136 Å². The van der Waals surface area contributed by atoms with Crippen molar-refractivity contribution in [2.45, 2.75) is 43.7 Å². The summed E-state index contributed by atoms with van der Waals surface area (Å²) in [6.07, 6.45) is 0.0933. The fraction of sp³-hybridized carbons (Fsp3) is 0.333. The minimum atomic E-state index is -3.08. The Morgan fingerprint density at radius 2 is 1.67 bits per heavy atom. The standard InChI is InChI=1S/C36H32Cl2F2N8O4/c1-46-32-26(34(50)47(2)35(46)51)30(43-31(44-32)29(39)40)41-21-9-5-7-19(28(21)38)18-6-4-8-20(27(18)37)22-14-17-10-11-23(25(17)33(42-22)52-3)48-15-36(16-48)13-12-24(49)45-36/h4-9,14,23,29H,10-13,15-16H2,1-3H3,(H,45,49)(H,41,43,44). The minimum Gasteiger partial charge on any atom is -0.481 e. The molecule has 2 N–H and O–H groups in total. The van der Waals surface area contributed by atoms with Crippen LogP contribution >= 0.6 is 23.2 Å². The van der Waals surface area contributed by atoms with Crippen LogP contribution < -0.4 is 26.6 Å². The van der Waals surface area contributed by atoms with E-state index in [-0.39, 0.29) is 45.0 Å². The predicted octanol–water partition coefficient (Wildman–Crippen LogP) is 5.70. The number of alkyl halides is 2. The molecule has 1 unspecified atom stereocenters. The summed E-state index contributed by atoms with van der Waals surface area (Å²) in [5.74, 6) is -0.450. The number of hydrogen-bond acceptors (Lipinski definition) is 9. The number of aromatic nitrogens is 5. The molecule has 16 heteroatoms. The van der Waals surface area contributed by atoms with Crippen molar-refractivity contribution in [3.63, 3.8) is 0 Å². The van der Waals surface area contributed by atoms with Crippen molar-refractivity contribution >= 4 is 51.6 Å². The zero-order valence-electron chi connectivity index (χ0n) is 28.3. The Kier molecular flexibility index (Phi) is 8.31. The Morgan fingerprint density at radius 3 is 2.37 bits per heavy atom. The fourth-order valence-electron chi connectivity index (χ4n) is 7.77. The molecule has 5 aromatic rings. The highest BCUT2D eigenvalue weighted by atomic mass is 35.5. The molecule has 1 aliphatic carbocycles. The normalized spacial score (nSPS) is 17.8. The van der Waals surface area contributed by atoms with Crippen molar-refractivity contribution in [1.29, 1.82) is 0 Å². The van der Waals surface area contributed by atoms with Crippen molar-refractivity contribution in [3.05, 3.63) is 90.3 Å². The van der Waals surface area contributed by atoms with Gasteiger partial charge in [-0.1, -0.05) is 53.5 Å². The molecule has 1 spiro atoms. The molecule has 0 saturated carbocycles. The van der Waals surface area contributed by atoms with Crippen LogP contribution in [0.4, 0.5) is 20.3 Å². The van der Waals surface area contributed by atoms with Gasteiger partial charge in [0.15, 0.2) is 11.5 Å². The number of anilines is 2. The second kappa shape index (κ2) is 12.6. The van der Waals surface area contributed by atoms with E-state index in [1.807, 2.05) is 18.2 Å². The smallest absolute Gasteiger partial charge is 0.332 e. The van der Waals surface area contributed by atoms with Crippen LogP contribution in [0.1, 0.15) is 48.7 Å². The summed E-state index contributed by atoms with van der Waals surface area (Å²) in [5.41, 5.74) is 2.96. The number of nitrogens with one attached hydrogen (secondary N) is 2. The van der Waals surface area contributed by atoms with Gasteiger partial charge in [0.1, 0.15) is 11.2 Å². The van der Waals surface area contributed by atoms with Crippen LogP contribution in [0.5, 0.6) is 5.88 Å². The molecule has 2 aliphatic heterocycles. The first-order valence-electron chi connectivity index (χ1n) is 16.6. The molecule has 0 radical (unpaired) electrons. The molecule has 5 heterocycles. The maximum absolute atomic E-state index is 13.9. The average molecular weight is 750 g/mol. The Morgan fingerprint density at radius 1 is 0.962 bits per heavy atom. The number of nitrogens with zero attached hydrogens (tertiary/aromatic N) is 6. The Bertz CT molecular complexity index is 2450. The number of halogens is 4. The summed E-state index contributed by atoms with van der Waals surface area (Å²) < 4.78 is 35.5. The van der Waals surface area contributed by atoms with Crippen LogP contribution in [0.25, 0.3) is 33.4 Å². The number of rotatable bonds is 7. The first kappa shape index (κ1) is 34.2. The third kappa shape index (κ3) is 5.42. The van der Waals surface area contributed by atoms with E-state index in [2.05, 4.69) is 25.5 Å². The molecule has 52 heavy (non-hydrogen) atoms. The van der Waals surface area contributed by atoms with E-state index in [1.165, 1.54) is 14.1 Å². The Labute approximate surface area is 305 Å². The SMILES string of the molecule is COc1nc(-c2cccc(-c3cccc(Nc4nc(C(F)F)nc5c4c(=O)n(C)c(=O)n5C)c3Cl)c2Cl)cc2c1C(N1CC3(CCC(=O)N3)C1)CC2. The first-order valence-corrected chi connectivity index (χ1v) is 17.4. The largest absolute Gasteiger partial charge is 0.481 e. The molecular weight excluding hydrogens is 717 g/mol. The lowest BCUT2D eigenvalue weighted by atomic mass is 9.86. The lowest BCUT2D eigenvalue weighted by Crippen LogP contribution is -2.67. The summed E-state index contributed by atoms with van der Waals surface area (Å²) in [4.78, 5) is 52.7. The number of hydrogen-bond donors (Lipinski definition) is 2. The van der Waals surface area contributed by atoms with E-state index in [9.17, 15) is 23.2 Å². The van der Waals surface area contributed by atoms with Gasteiger partial charge in [-0.3, -0.25) is 23.6 Å². The summed E-state index contributed by atoms with van der Waals surface area (Å²) in [6.45, 7) is 1.60. The summed E-state index contributed by atoms with van der Waals surface area (Å²) in [7, 11) is 4.22. The van der Waals surface area contributed by atoms with Crippen molar-refractivity contribution in [1.82, 2.24) is 34.3 Å². The Hall–Kier alpha value is -4.92. The number of amides is 1. The first-order chi connectivity index (χ1) is 24.9. The number of methoxy groups -OCH3 is 1. The number of carbonyl (C=O) groups is 1. The van der Waals surface area contributed by atoms with Crippen molar-refractivity contribution in [2.24, 2.45) is 14.1 Å². The maximum Gasteiger partial charge on any atom is 0.332 e. The minimum absolute atomic E-state index is 0.114. The van der Waals surface area contributed by atoms with Crippen molar-refractivity contribution in [2.75, 3.05) is 25.5 Å². The quantitative estimate of drug-likeness (QED) is 0.215. The van der Waals surface area contributed by atoms with Gasteiger partial charge < -0.3 is 15.4 Å². The highest BCUT2D eigenvalue weighted by molar-refractivity contribution is 6.39. The van der Waals surface area contributed by atoms with E-state index in [0.29, 0.717) is 39.7 Å². The van der Waals surface area contributed by atoms with E-state index in [0.717, 1.165) is 52.6 Å². The highest BCUT2D eigenvalue weighted by Gasteiger charge is 2.51. The molecule has 8 rings (SSSR count). The van der Waals surface area contributed by atoms with Crippen LogP contribution in [0, 0.1) is 0 Å². The molecule has 1 atom stereocenters. The second-order valence-electron chi connectivity index (χ2n) is 13.5. The van der Waals surface area contributed by atoms with Gasteiger partial charge in [0.05, 0.1) is 34.1 Å². The number of likely N-dealkylation sites (tertiary alicyclic amines) is 1. The summed E-state index contributed by atoms with van der Waals surface area (Å²) in [6, 6.07) is 12.8. The zero-order valence-corrected chi connectivity index (χ0v) is 29.8. The van der Waals surface area contributed by atoms with Crippen LogP contribution in [-0.2, 0) is 25.3 Å². The fourth-order valence-corrected chi connectivity index (χ4v) is 8.37. The van der Waals surface area contributed by atoms with E-state index < -0.39 is 23.5 Å². The van der Waals surface area contributed by atoms with Crippen LogP contribution in [0.15, 0.2) is 52.1 Å². The Balaban J connectivity index is 1.14. The maximum atomic E-state index is 13.9. The van der Waals surface area contributed by atoms with E-state index >= 15 is 0 Å². The monoisotopic (exact) mass is 748 g/mol. The van der Waals surface area contributed by atoms with Gasteiger partial charge in [0.2, 0.25) is 11.8 Å². The third-order valence-corrected chi connectivity index (χ3v) is 11.2. The van der Waals surface area contributed by atoms with Crippen LogP contribution in [0.3, 0.4) is 0 Å². The summed E-state index contributed by atoms with van der Waals surface area (Å²) >= 11 is 14.1. The van der Waals surface area contributed by atoms with Gasteiger partial charge in [0, 0.05) is 61.9 Å². The van der Waals surface area contributed by atoms with Gasteiger partial charge in [-0.05, 0) is 37.0 Å². The average Bonchev–Trinajstić information content (AvgIpc) is 3.73. The van der Waals surface area contributed by atoms with E-state index in [1.54, 1.807) is 31.4 Å². The number of benzene rings is 2. The van der Waals surface area contributed by atoms with Crippen molar-refractivity contribution < 1.29 is 18.3 Å². The van der Waals surface area contributed by atoms with Gasteiger partial charge in [-0.25, -0.2) is 28.5 Å². The molecular formula is C36H32Cl2F2N8O4. The van der Waals surface area contributed by atoms with Gasteiger partial charge in [0.25, 0.3) is 12.0 Å². The molecule has 2 aromatic carbocycles. The molecule has 0 bridgehead atoms. The molecule has 2 saturated heterocycles. The second-order valence-corrected chi connectivity index (χ2v) is 14.2. The zero-order chi connectivity index (χ0) is 36.6. The number of ether oxygens (including phenoxy) is 1. The molecule has 3 aromatic heterocycles. The number of carbonyl (C=O) groups excluding carboxylic acids is 1. The highest BCUT2D eigenvalue weighted by Crippen LogP contribution is 2.48. The molecule has 12 nitrogen and oxygen atoms in total. The van der Waals surface area contributed by atoms with Gasteiger partial charge in [-0.2, -0.15) is 0 Å². The third-order valence-electron chi connectivity index (χ3n) is 10.3. The molecule has 2 fully saturated rings. The number of fused-ring (bicyclic) bond motifs is 2. The molecule has 3 aliphatic rings. The number of aryl methyl sites for hydroxylation is 2. The molecule has 1 amide bonds.